The maximum atomic E-state index is 12.6. The number of carboxylic acids is 1. The summed E-state index contributed by atoms with van der Waals surface area (Å²) in [6.07, 6.45) is 0.821. The Hall–Kier alpha value is -4.39. The van der Waals surface area contributed by atoms with Gasteiger partial charge in [-0.3, -0.25) is 10.1 Å². The average molecular weight is 471 g/mol. The molecule has 0 fully saturated rings. The van der Waals surface area contributed by atoms with E-state index in [-0.39, 0.29) is 30.5 Å². The van der Waals surface area contributed by atoms with Gasteiger partial charge in [0.2, 0.25) is 0 Å². The molecule has 35 heavy (non-hydrogen) atoms. The Labute approximate surface area is 203 Å². The quantitative estimate of drug-likeness (QED) is 0.416. The molecule has 7 heteroatoms. The lowest BCUT2D eigenvalue weighted by Gasteiger charge is -2.16. The normalized spacial score (nSPS) is 12.5. The topological polar surface area (TPSA) is 105 Å². The van der Waals surface area contributed by atoms with Crippen molar-refractivity contribution in [1.82, 2.24) is 5.32 Å². The minimum absolute atomic E-state index is 0.0475. The van der Waals surface area contributed by atoms with E-state index in [0.29, 0.717) is 16.8 Å². The van der Waals surface area contributed by atoms with Crippen LogP contribution in [0.2, 0.25) is 0 Å². The first-order valence-electron chi connectivity index (χ1n) is 11.3. The van der Waals surface area contributed by atoms with Crippen LogP contribution in [0.1, 0.15) is 39.9 Å². The zero-order valence-corrected chi connectivity index (χ0v) is 19.5. The number of carboxylic acid groups (broad SMARTS) is 1. The second-order valence-corrected chi connectivity index (χ2v) is 8.33. The fourth-order valence-electron chi connectivity index (χ4n) is 4.24. The van der Waals surface area contributed by atoms with Gasteiger partial charge < -0.3 is 15.2 Å². The van der Waals surface area contributed by atoms with Crippen molar-refractivity contribution in [3.63, 3.8) is 0 Å². The molecule has 1 aliphatic rings. The van der Waals surface area contributed by atoms with Crippen molar-refractivity contribution in [1.29, 1.82) is 0 Å². The molecule has 178 valence electrons. The van der Waals surface area contributed by atoms with Crippen molar-refractivity contribution in [3.8, 4) is 11.1 Å². The van der Waals surface area contributed by atoms with Crippen LogP contribution >= 0.6 is 0 Å². The van der Waals surface area contributed by atoms with Crippen molar-refractivity contribution >= 4 is 23.7 Å². The summed E-state index contributed by atoms with van der Waals surface area (Å²) in [4.78, 5) is 36.1. The first-order chi connectivity index (χ1) is 16.9. The molecular weight excluding hydrogens is 444 g/mol. The molecule has 0 bridgehead atoms. The summed E-state index contributed by atoms with van der Waals surface area (Å²) in [5, 5.41) is 14.3. The minimum Gasteiger partial charge on any atom is -0.478 e. The van der Waals surface area contributed by atoms with Crippen molar-refractivity contribution in [2.45, 2.75) is 19.8 Å². The Kier molecular flexibility index (Phi) is 6.96. The number of amides is 2. The van der Waals surface area contributed by atoms with E-state index < -0.39 is 12.1 Å². The van der Waals surface area contributed by atoms with Gasteiger partial charge in [-0.1, -0.05) is 60.7 Å². The van der Waals surface area contributed by atoms with Crippen molar-refractivity contribution < 1.29 is 24.2 Å². The Morgan fingerprint density at radius 3 is 2.20 bits per heavy atom. The van der Waals surface area contributed by atoms with Gasteiger partial charge in [0.05, 0.1) is 0 Å². The summed E-state index contributed by atoms with van der Waals surface area (Å²) < 4.78 is 5.60. The van der Waals surface area contributed by atoms with E-state index in [2.05, 4.69) is 34.9 Å². The van der Waals surface area contributed by atoms with Gasteiger partial charge in [-0.15, -0.1) is 0 Å². The highest BCUT2D eigenvalue weighted by molar-refractivity contribution is 5.98. The zero-order chi connectivity index (χ0) is 24.9. The fourth-order valence-corrected chi connectivity index (χ4v) is 4.24. The molecule has 3 aromatic rings. The molecule has 1 aliphatic carbocycles. The summed E-state index contributed by atoms with van der Waals surface area (Å²) in [7, 11) is 0. The summed E-state index contributed by atoms with van der Waals surface area (Å²) in [6.45, 7) is 3.46. The van der Waals surface area contributed by atoms with Crippen LogP contribution in [0.25, 0.3) is 11.1 Å². The van der Waals surface area contributed by atoms with Crippen LogP contribution < -0.4 is 10.6 Å². The van der Waals surface area contributed by atoms with Gasteiger partial charge >= 0.3 is 12.1 Å². The summed E-state index contributed by atoms with van der Waals surface area (Å²) >= 11 is 0. The smallest absolute Gasteiger partial charge is 0.411 e. The molecule has 0 radical (unpaired) electrons. The zero-order valence-electron chi connectivity index (χ0n) is 19.5. The lowest BCUT2D eigenvalue weighted by atomic mass is 9.98. The van der Waals surface area contributed by atoms with Crippen LogP contribution in [-0.2, 0) is 9.53 Å². The molecule has 0 aliphatic heterocycles. The van der Waals surface area contributed by atoms with Crippen LogP contribution in [0.3, 0.4) is 0 Å². The third-order valence-corrected chi connectivity index (χ3v) is 6.17. The molecule has 2 amide bonds. The van der Waals surface area contributed by atoms with E-state index >= 15 is 0 Å². The molecule has 0 heterocycles. The number of nitrogens with one attached hydrogen (secondary N) is 2. The molecule has 3 N–H and O–H groups in total. The number of hydrogen-bond donors (Lipinski definition) is 3. The number of hydrogen-bond acceptors (Lipinski definition) is 4. The number of rotatable bonds is 7. The summed E-state index contributed by atoms with van der Waals surface area (Å²) in [6, 6.07) is 21.2. The first-order valence-corrected chi connectivity index (χ1v) is 11.3. The van der Waals surface area contributed by atoms with E-state index in [0.717, 1.165) is 22.3 Å². The van der Waals surface area contributed by atoms with E-state index in [1.54, 1.807) is 25.1 Å². The van der Waals surface area contributed by atoms with Gasteiger partial charge in [0.1, 0.15) is 6.61 Å². The number of aliphatic carboxylic acids is 1. The van der Waals surface area contributed by atoms with Crippen molar-refractivity contribution in [2.75, 3.05) is 18.5 Å². The Balaban J connectivity index is 1.41. The van der Waals surface area contributed by atoms with E-state index in [4.69, 9.17) is 9.84 Å². The number of carbonyl (C=O) groups is 3. The maximum absolute atomic E-state index is 12.6. The number of carbonyl (C=O) groups excluding carboxylic acids is 2. The molecule has 4 rings (SSSR count). The van der Waals surface area contributed by atoms with E-state index in [1.807, 2.05) is 24.3 Å². The van der Waals surface area contributed by atoms with Crippen LogP contribution in [0.4, 0.5) is 10.5 Å². The molecule has 3 aromatic carbocycles. The lowest BCUT2D eigenvalue weighted by Crippen LogP contribution is -2.25. The second-order valence-electron chi connectivity index (χ2n) is 8.33. The van der Waals surface area contributed by atoms with Crippen molar-refractivity contribution in [3.05, 3.63) is 101 Å². The van der Waals surface area contributed by atoms with E-state index in [9.17, 15) is 14.4 Å². The number of fused-ring (bicyclic) bond motifs is 3. The largest absolute Gasteiger partial charge is 0.478 e. The Morgan fingerprint density at radius 1 is 0.943 bits per heavy atom. The highest BCUT2D eigenvalue weighted by Gasteiger charge is 2.29. The number of benzene rings is 3. The van der Waals surface area contributed by atoms with E-state index in [1.165, 1.54) is 13.0 Å². The first kappa shape index (κ1) is 23.8. The van der Waals surface area contributed by atoms with Crippen molar-refractivity contribution in [2.24, 2.45) is 0 Å². The van der Waals surface area contributed by atoms with Gasteiger partial charge in [0, 0.05) is 29.3 Å². The summed E-state index contributed by atoms with van der Waals surface area (Å²) in [5.74, 6) is -1.45. The third-order valence-electron chi connectivity index (χ3n) is 6.17. The van der Waals surface area contributed by atoms with Gasteiger partial charge in [0.15, 0.2) is 0 Å². The maximum Gasteiger partial charge on any atom is 0.411 e. The predicted molar refractivity (Wildman–Crippen MR) is 134 cm³/mol. The number of ether oxygens (including phenoxy) is 1. The molecule has 0 saturated carbocycles. The fraction of sp³-hybridized carbons (Fsp3) is 0.179. The molecule has 0 spiro atoms. The van der Waals surface area contributed by atoms with Crippen LogP contribution in [0.15, 0.2) is 78.4 Å². The standard InChI is InChI=1S/C28H26N2O5/c1-17(27(32)33)14-15-29-26(31)19-12-7-13-25(18(19)2)30-28(34)35-16-24-22-10-5-3-8-20(22)21-9-4-6-11-23(21)24/h3-14,24H,15-16H2,1-2H3,(H,29,31)(H,30,34)(H,32,33)/b17-14+. The second kappa shape index (κ2) is 10.3. The molecule has 0 unspecified atom stereocenters. The highest BCUT2D eigenvalue weighted by atomic mass is 16.5. The Bertz CT molecular complexity index is 1280. The van der Waals surface area contributed by atoms with Crippen LogP contribution in [-0.4, -0.2) is 36.2 Å². The molecule has 0 saturated heterocycles. The number of anilines is 1. The molecule has 0 aromatic heterocycles. The van der Waals surface area contributed by atoms with Gasteiger partial charge in [-0.25, -0.2) is 9.59 Å². The highest BCUT2D eigenvalue weighted by Crippen LogP contribution is 2.44. The molecule has 7 nitrogen and oxygen atoms in total. The summed E-state index contributed by atoms with van der Waals surface area (Å²) in [5.41, 5.74) is 6.13. The molecule has 0 atom stereocenters. The Morgan fingerprint density at radius 2 is 1.57 bits per heavy atom. The third kappa shape index (κ3) is 5.09. The average Bonchev–Trinajstić information content (AvgIpc) is 3.17. The van der Waals surface area contributed by atoms with Gasteiger partial charge in [-0.2, -0.15) is 0 Å². The predicted octanol–water partition coefficient (Wildman–Crippen LogP) is 5.12. The monoisotopic (exact) mass is 470 g/mol. The van der Waals surface area contributed by atoms with Gasteiger partial charge in [0.25, 0.3) is 5.91 Å². The minimum atomic E-state index is -1.04. The van der Waals surface area contributed by atoms with Crippen LogP contribution in [0, 0.1) is 6.92 Å². The van der Waals surface area contributed by atoms with Gasteiger partial charge in [-0.05, 0) is 53.8 Å². The SMILES string of the molecule is C/C(=C\CNC(=O)c1cccc(NC(=O)OCC2c3ccccc3-c3ccccc32)c1C)C(=O)O. The molecular formula is C28H26N2O5. The lowest BCUT2D eigenvalue weighted by molar-refractivity contribution is -0.132. The van der Waals surface area contributed by atoms with Crippen LogP contribution in [0.5, 0.6) is 0 Å².